The van der Waals surface area contributed by atoms with Crippen LogP contribution in [0.4, 0.5) is 0 Å². The number of benzene rings is 2. The molecule has 9 heteroatoms. The summed E-state index contributed by atoms with van der Waals surface area (Å²) in [6.45, 7) is 9.08. The maximum Gasteiger partial charge on any atom is 0.231 e. The molecule has 0 bridgehead atoms. The highest BCUT2D eigenvalue weighted by Crippen LogP contribution is 2.32. The van der Waals surface area contributed by atoms with Gasteiger partial charge in [0, 0.05) is 31.6 Å². The van der Waals surface area contributed by atoms with Crippen LogP contribution in [-0.2, 0) is 27.2 Å². The van der Waals surface area contributed by atoms with E-state index in [9.17, 15) is 0 Å². The molecule has 35 heavy (non-hydrogen) atoms. The molecule has 0 fully saturated rings. The van der Waals surface area contributed by atoms with Gasteiger partial charge in [0.1, 0.15) is 5.82 Å². The van der Waals surface area contributed by atoms with Crippen molar-refractivity contribution in [3.8, 4) is 22.5 Å². The molecule has 2 heterocycles. The number of nitrogens with one attached hydrogen (secondary N) is 1. The van der Waals surface area contributed by atoms with Crippen molar-refractivity contribution in [2.45, 2.75) is 58.3 Å². The number of nitrogens with zero attached hydrogens (tertiary/aromatic N) is 6. The van der Waals surface area contributed by atoms with Crippen LogP contribution in [0.1, 0.15) is 57.7 Å². The lowest BCUT2D eigenvalue weighted by Gasteiger charge is -2.27. The molecule has 184 valence electrons. The fraction of sp³-hybridized carbons (Fsp3) is 0.423. The maximum atomic E-state index is 5.77. The van der Waals surface area contributed by atoms with E-state index in [-0.39, 0.29) is 5.41 Å². The van der Waals surface area contributed by atoms with Crippen molar-refractivity contribution in [1.82, 2.24) is 35.4 Å². The average molecular weight is 476 g/mol. The lowest BCUT2D eigenvalue weighted by atomic mass is 9.95. The SMILES string of the molecule is CCCC(OC)(OC)c1nc(C(C)(C)C)n(Cc2ccc(-c3ccccc3-c3nn[nH]n3)cc2)n1. The number of tetrazole rings is 1. The molecule has 0 unspecified atom stereocenters. The van der Waals surface area contributed by atoms with E-state index < -0.39 is 5.79 Å². The van der Waals surface area contributed by atoms with E-state index in [4.69, 9.17) is 19.6 Å². The van der Waals surface area contributed by atoms with Crippen LogP contribution in [0.25, 0.3) is 22.5 Å². The zero-order valence-electron chi connectivity index (χ0n) is 21.2. The van der Waals surface area contributed by atoms with Gasteiger partial charge in [0.15, 0.2) is 0 Å². The Balaban J connectivity index is 1.66. The van der Waals surface area contributed by atoms with Crippen LogP contribution in [0.3, 0.4) is 0 Å². The Labute approximate surface area is 205 Å². The second-order valence-electron chi connectivity index (χ2n) is 9.56. The normalized spacial score (nSPS) is 12.3. The summed E-state index contributed by atoms with van der Waals surface area (Å²) >= 11 is 0. The standard InChI is InChI=1S/C26H33N7O2/c1-7-16-26(34-5,35-6)23-27-24(25(2,3)4)33(30-23)17-18-12-14-19(15-13-18)20-10-8-9-11-21(20)22-28-31-32-29-22/h8-15H,7,16-17H2,1-6H3,(H,28,29,31,32). The fourth-order valence-corrected chi connectivity index (χ4v) is 4.25. The van der Waals surface area contributed by atoms with E-state index in [1.54, 1.807) is 14.2 Å². The first kappa shape index (κ1) is 24.7. The molecule has 4 aromatic rings. The van der Waals surface area contributed by atoms with E-state index >= 15 is 0 Å². The van der Waals surface area contributed by atoms with Crippen LogP contribution >= 0.6 is 0 Å². The lowest BCUT2D eigenvalue weighted by molar-refractivity contribution is -0.225. The zero-order chi connectivity index (χ0) is 25.1. The van der Waals surface area contributed by atoms with Crippen molar-refractivity contribution in [3.63, 3.8) is 0 Å². The Morgan fingerprint density at radius 2 is 1.63 bits per heavy atom. The molecule has 0 saturated heterocycles. The molecule has 2 aromatic carbocycles. The summed E-state index contributed by atoms with van der Waals surface area (Å²) < 4.78 is 13.5. The monoisotopic (exact) mass is 475 g/mol. The summed E-state index contributed by atoms with van der Waals surface area (Å²) in [4.78, 5) is 4.89. The Bertz CT molecular complexity index is 1240. The molecule has 0 saturated carbocycles. The molecule has 0 radical (unpaired) electrons. The van der Waals surface area contributed by atoms with Gasteiger partial charge in [0.2, 0.25) is 17.4 Å². The summed E-state index contributed by atoms with van der Waals surface area (Å²) in [5.41, 5.74) is 3.96. The van der Waals surface area contributed by atoms with E-state index in [1.165, 1.54) is 0 Å². The lowest BCUT2D eigenvalue weighted by Crippen LogP contribution is -2.32. The molecular weight excluding hydrogens is 442 g/mol. The van der Waals surface area contributed by atoms with E-state index in [2.05, 4.69) is 78.7 Å². The van der Waals surface area contributed by atoms with Gasteiger partial charge in [-0.05, 0) is 21.9 Å². The number of H-pyrrole nitrogens is 1. The topological polar surface area (TPSA) is 104 Å². The molecular formula is C26H33N7O2. The Hall–Kier alpha value is -3.43. The summed E-state index contributed by atoms with van der Waals surface area (Å²) in [7, 11) is 3.28. The first-order valence-electron chi connectivity index (χ1n) is 11.8. The van der Waals surface area contributed by atoms with Crippen LogP contribution in [0, 0.1) is 0 Å². The van der Waals surface area contributed by atoms with Crippen molar-refractivity contribution >= 4 is 0 Å². The molecule has 9 nitrogen and oxygen atoms in total. The van der Waals surface area contributed by atoms with Gasteiger partial charge in [-0.3, -0.25) is 0 Å². The van der Waals surface area contributed by atoms with Crippen molar-refractivity contribution < 1.29 is 9.47 Å². The van der Waals surface area contributed by atoms with Crippen molar-refractivity contribution in [3.05, 3.63) is 65.7 Å². The Morgan fingerprint density at radius 1 is 0.943 bits per heavy atom. The summed E-state index contributed by atoms with van der Waals surface area (Å²) in [5, 5.41) is 19.4. The third-order valence-electron chi connectivity index (χ3n) is 6.03. The Kier molecular flexibility index (Phi) is 7.09. The van der Waals surface area contributed by atoms with Gasteiger partial charge >= 0.3 is 0 Å². The smallest absolute Gasteiger partial charge is 0.231 e. The van der Waals surface area contributed by atoms with Gasteiger partial charge < -0.3 is 9.47 Å². The van der Waals surface area contributed by atoms with E-state index in [1.807, 2.05) is 22.9 Å². The van der Waals surface area contributed by atoms with E-state index in [0.717, 1.165) is 34.5 Å². The number of hydrogen-bond donors (Lipinski definition) is 1. The largest absolute Gasteiger partial charge is 0.347 e. The molecule has 2 aromatic heterocycles. The molecule has 0 atom stereocenters. The summed E-state index contributed by atoms with van der Waals surface area (Å²) in [6, 6.07) is 16.5. The van der Waals surface area contributed by atoms with Crippen molar-refractivity contribution in [2.24, 2.45) is 0 Å². The third-order valence-corrected chi connectivity index (χ3v) is 6.03. The highest BCUT2D eigenvalue weighted by molar-refractivity contribution is 5.80. The zero-order valence-corrected chi connectivity index (χ0v) is 21.2. The predicted molar refractivity (Wildman–Crippen MR) is 133 cm³/mol. The number of methoxy groups -OCH3 is 2. The van der Waals surface area contributed by atoms with Crippen LogP contribution in [0.15, 0.2) is 48.5 Å². The molecule has 0 amide bonds. The van der Waals surface area contributed by atoms with Crippen molar-refractivity contribution in [1.29, 1.82) is 0 Å². The highest BCUT2D eigenvalue weighted by Gasteiger charge is 2.38. The molecule has 0 aliphatic heterocycles. The van der Waals surface area contributed by atoms with Gasteiger partial charge in [0.05, 0.1) is 6.54 Å². The van der Waals surface area contributed by atoms with Crippen LogP contribution in [0.2, 0.25) is 0 Å². The number of hydrogen-bond acceptors (Lipinski definition) is 7. The average Bonchev–Trinajstić information content (AvgIpc) is 3.54. The van der Waals surface area contributed by atoms with Gasteiger partial charge in [-0.25, -0.2) is 9.67 Å². The fourth-order valence-electron chi connectivity index (χ4n) is 4.25. The highest BCUT2D eigenvalue weighted by atomic mass is 16.7. The van der Waals surface area contributed by atoms with Gasteiger partial charge in [-0.2, -0.15) is 5.21 Å². The molecule has 1 N–H and O–H groups in total. The molecule has 0 spiro atoms. The number of rotatable bonds is 9. The first-order valence-corrected chi connectivity index (χ1v) is 11.8. The number of ether oxygens (including phenoxy) is 2. The van der Waals surface area contributed by atoms with Crippen LogP contribution < -0.4 is 0 Å². The van der Waals surface area contributed by atoms with Crippen LogP contribution in [0.5, 0.6) is 0 Å². The quantitative estimate of drug-likeness (QED) is 0.349. The second-order valence-corrected chi connectivity index (χ2v) is 9.56. The molecule has 0 aliphatic carbocycles. The number of aromatic amines is 1. The minimum absolute atomic E-state index is 0.200. The Morgan fingerprint density at radius 3 is 2.20 bits per heavy atom. The second kappa shape index (κ2) is 10.1. The summed E-state index contributed by atoms with van der Waals surface area (Å²) in [6.07, 6.45) is 1.55. The predicted octanol–water partition coefficient (Wildman–Crippen LogP) is 4.72. The van der Waals surface area contributed by atoms with Gasteiger partial charge in [-0.15, -0.1) is 15.3 Å². The maximum absolute atomic E-state index is 5.77. The van der Waals surface area contributed by atoms with E-state index in [0.29, 0.717) is 24.6 Å². The number of aromatic nitrogens is 7. The van der Waals surface area contributed by atoms with Gasteiger partial charge in [0.25, 0.3) is 0 Å². The molecule has 0 aliphatic rings. The first-order chi connectivity index (χ1) is 16.8. The summed E-state index contributed by atoms with van der Waals surface area (Å²) in [5.74, 6) is 1.05. The minimum Gasteiger partial charge on any atom is -0.347 e. The van der Waals surface area contributed by atoms with Crippen molar-refractivity contribution in [2.75, 3.05) is 14.2 Å². The van der Waals surface area contributed by atoms with Crippen LogP contribution in [-0.4, -0.2) is 49.6 Å². The minimum atomic E-state index is -0.956. The third kappa shape index (κ3) is 5.01. The van der Waals surface area contributed by atoms with Gasteiger partial charge in [-0.1, -0.05) is 82.6 Å². The molecule has 4 rings (SSSR count).